The third-order valence-electron chi connectivity index (χ3n) is 4.57. The standard InChI is InChI=1S/C19H29F3N4O2S.HI/c1-3-23-18(26-15-6-5-7-16(10-15)29(27)4-2)25-12-14-8-9-17(24-11-14)28-13-19(20,21)22;/h8-9,11,15-16H,3-7,10,12-13H2,1-2H3,(H2,23,25,26);1H. The van der Waals surface area contributed by atoms with E-state index in [1.807, 2.05) is 13.8 Å². The van der Waals surface area contributed by atoms with Gasteiger partial charge in [0.2, 0.25) is 5.88 Å². The molecule has 11 heteroatoms. The summed E-state index contributed by atoms with van der Waals surface area (Å²) in [6.07, 6.45) is 0.975. The molecule has 0 bridgehead atoms. The maximum absolute atomic E-state index is 12.2. The molecule has 0 amide bonds. The number of hydrogen-bond donors (Lipinski definition) is 2. The number of guanidine groups is 1. The number of alkyl halides is 3. The fourth-order valence-corrected chi connectivity index (χ4v) is 4.53. The topological polar surface area (TPSA) is 75.6 Å². The number of hydrogen-bond acceptors (Lipinski definition) is 4. The molecule has 1 aromatic heterocycles. The predicted molar refractivity (Wildman–Crippen MR) is 124 cm³/mol. The van der Waals surface area contributed by atoms with Gasteiger partial charge >= 0.3 is 6.18 Å². The van der Waals surface area contributed by atoms with E-state index in [1.165, 1.54) is 12.3 Å². The molecule has 2 N–H and O–H groups in total. The van der Waals surface area contributed by atoms with Crippen LogP contribution in [0.4, 0.5) is 13.2 Å². The molecule has 0 spiro atoms. The molecule has 2 rings (SSSR count). The van der Waals surface area contributed by atoms with Crippen LogP contribution in [0.3, 0.4) is 0 Å². The van der Waals surface area contributed by atoms with Gasteiger partial charge in [-0.15, -0.1) is 24.0 Å². The summed E-state index contributed by atoms with van der Waals surface area (Å²) in [5.74, 6) is 1.27. The van der Waals surface area contributed by atoms with Gasteiger partial charge in [-0.05, 0) is 31.7 Å². The number of nitrogens with zero attached hydrogens (tertiary/aromatic N) is 2. The lowest BCUT2D eigenvalue weighted by Gasteiger charge is -2.30. The molecule has 1 aliphatic rings. The van der Waals surface area contributed by atoms with E-state index < -0.39 is 23.6 Å². The highest BCUT2D eigenvalue weighted by atomic mass is 127. The predicted octanol–water partition coefficient (Wildman–Crippen LogP) is 3.78. The van der Waals surface area contributed by atoms with Crippen LogP contribution in [0.2, 0.25) is 0 Å². The van der Waals surface area contributed by atoms with Gasteiger partial charge in [0.05, 0.1) is 6.54 Å². The van der Waals surface area contributed by atoms with Crippen LogP contribution in [0.15, 0.2) is 23.3 Å². The molecule has 1 heterocycles. The summed E-state index contributed by atoms with van der Waals surface area (Å²) < 4.78 is 53.3. The van der Waals surface area contributed by atoms with Gasteiger partial charge < -0.3 is 15.4 Å². The second-order valence-electron chi connectivity index (χ2n) is 6.90. The summed E-state index contributed by atoms with van der Waals surface area (Å²) in [6.45, 7) is 3.59. The number of pyridine rings is 1. The van der Waals surface area contributed by atoms with Crippen LogP contribution >= 0.6 is 24.0 Å². The van der Waals surface area contributed by atoms with Crippen LogP contribution in [0.25, 0.3) is 0 Å². The molecule has 0 saturated heterocycles. The summed E-state index contributed by atoms with van der Waals surface area (Å²) in [5.41, 5.74) is 0.759. The van der Waals surface area contributed by atoms with Crippen LogP contribution in [0.1, 0.15) is 45.1 Å². The fourth-order valence-electron chi connectivity index (χ4n) is 3.18. The Morgan fingerprint density at radius 1 is 1.33 bits per heavy atom. The van der Waals surface area contributed by atoms with Crippen molar-refractivity contribution >= 4 is 40.7 Å². The number of halogens is 4. The van der Waals surface area contributed by atoms with Crippen molar-refractivity contribution in [3.8, 4) is 5.88 Å². The number of nitrogens with one attached hydrogen (secondary N) is 2. The zero-order valence-corrected chi connectivity index (χ0v) is 20.4. The minimum Gasteiger partial charge on any atom is -0.468 e. The molecular weight excluding hydrogens is 532 g/mol. The molecule has 1 fully saturated rings. The normalized spacial score (nSPS) is 20.8. The monoisotopic (exact) mass is 562 g/mol. The first-order valence-corrected chi connectivity index (χ1v) is 11.3. The highest BCUT2D eigenvalue weighted by Crippen LogP contribution is 2.23. The lowest BCUT2D eigenvalue weighted by Crippen LogP contribution is -2.46. The second kappa shape index (κ2) is 13.3. The number of aliphatic imine (C=N–C) groups is 1. The van der Waals surface area contributed by atoms with Gasteiger partial charge in [0.25, 0.3) is 0 Å². The van der Waals surface area contributed by atoms with Crippen LogP contribution in [0, 0.1) is 0 Å². The largest absolute Gasteiger partial charge is 0.468 e. The Hall–Kier alpha value is -1.11. The molecule has 3 atom stereocenters. The maximum Gasteiger partial charge on any atom is 0.422 e. The molecule has 0 aromatic carbocycles. The highest BCUT2D eigenvalue weighted by molar-refractivity contribution is 14.0. The number of rotatable bonds is 8. The molecule has 6 nitrogen and oxygen atoms in total. The van der Waals surface area contributed by atoms with Gasteiger partial charge in [0.1, 0.15) is 0 Å². The molecule has 0 aliphatic heterocycles. The molecule has 3 unspecified atom stereocenters. The minimum absolute atomic E-state index is 0. The van der Waals surface area contributed by atoms with Gasteiger partial charge in [0.15, 0.2) is 12.6 Å². The average molecular weight is 562 g/mol. The zero-order chi connectivity index (χ0) is 21.3. The highest BCUT2D eigenvalue weighted by Gasteiger charge is 2.28. The molecule has 172 valence electrons. The van der Waals surface area contributed by atoms with Gasteiger partial charge in [-0.3, -0.25) is 4.21 Å². The van der Waals surface area contributed by atoms with E-state index in [-0.39, 0.29) is 41.1 Å². The van der Waals surface area contributed by atoms with E-state index >= 15 is 0 Å². The third-order valence-corrected chi connectivity index (χ3v) is 6.31. The number of aromatic nitrogens is 1. The van der Waals surface area contributed by atoms with Gasteiger partial charge in [-0.1, -0.05) is 19.4 Å². The van der Waals surface area contributed by atoms with Crippen molar-refractivity contribution in [2.75, 3.05) is 18.9 Å². The van der Waals surface area contributed by atoms with E-state index in [0.29, 0.717) is 24.8 Å². The Bertz CT molecular complexity index is 689. The first kappa shape index (κ1) is 26.9. The van der Waals surface area contributed by atoms with Crippen molar-refractivity contribution in [2.24, 2.45) is 4.99 Å². The molecule has 1 aliphatic carbocycles. The molecule has 30 heavy (non-hydrogen) atoms. The van der Waals surface area contributed by atoms with Gasteiger partial charge in [0, 0.05) is 46.7 Å². The quantitative estimate of drug-likeness (QED) is 0.287. The fraction of sp³-hybridized carbons (Fsp3) is 0.684. The Balaban J connectivity index is 0.00000450. The molecule has 1 aromatic rings. The van der Waals surface area contributed by atoms with E-state index in [4.69, 9.17) is 0 Å². The Labute approximate surface area is 195 Å². The minimum atomic E-state index is -4.39. The van der Waals surface area contributed by atoms with Crippen molar-refractivity contribution in [1.82, 2.24) is 15.6 Å². The van der Waals surface area contributed by atoms with Crippen LogP contribution in [-0.4, -0.2) is 51.5 Å². The Morgan fingerprint density at radius 2 is 2.10 bits per heavy atom. The van der Waals surface area contributed by atoms with E-state index in [1.54, 1.807) is 6.07 Å². The summed E-state index contributed by atoms with van der Waals surface area (Å²) >= 11 is 0. The Morgan fingerprint density at radius 3 is 2.70 bits per heavy atom. The second-order valence-corrected chi connectivity index (χ2v) is 8.91. The van der Waals surface area contributed by atoms with Crippen LogP contribution in [-0.2, 0) is 17.3 Å². The SMILES string of the molecule is CCNC(=NCc1ccc(OCC(F)(F)F)nc1)NC1CCCC(S(=O)CC)C1.I. The smallest absolute Gasteiger partial charge is 0.422 e. The average Bonchev–Trinajstić information content (AvgIpc) is 2.70. The molecular formula is C19H30F3IN4O2S. The van der Waals surface area contributed by atoms with Crippen LogP contribution in [0.5, 0.6) is 5.88 Å². The number of ether oxygens (including phenoxy) is 1. The van der Waals surface area contributed by atoms with Crippen molar-refractivity contribution in [2.45, 2.75) is 63.5 Å². The van der Waals surface area contributed by atoms with E-state index in [9.17, 15) is 17.4 Å². The first-order chi connectivity index (χ1) is 13.8. The van der Waals surface area contributed by atoms with Gasteiger partial charge in [-0.25, -0.2) is 9.98 Å². The summed E-state index contributed by atoms with van der Waals surface area (Å²) in [4.78, 5) is 8.43. The summed E-state index contributed by atoms with van der Waals surface area (Å²) in [7, 11) is -0.787. The Kier molecular flexibility index (Phi) is 12.0. The summed E-state index contributed by atoms with van der Waals surface area (Å²) in [6, 6.07) is 3.27. The van der Waals surface area contributed by atoms with Gasteiger partial charge in [-0.2, -0.15) is 13.2 Å². The summed E-state index contributed by atoms with van der Waals surface area (Å²) in [5, 5.41) is 6.84. The first-order valence-electron chi connectivity index (χ1n) is 9.87. The van der Waals surface area contributed by atoms with Crippen molar-refractivity contribution in [3.63, 3.8) is 0 Å². The van der Waals surface area contributed by atoms with Crippen LogP contribution < -0.4 is 15.4 Å². The van der Waals surface area contributed by atoms with Crippen molar-refractivity contribution < 1.29 is 22.1 Å². The third kappa shape index (κ3) is 9.80. The van der Waals surface area contributed by atoms with E-state index in [0.717, 1.165) is 31.2 Å². The zero-order valence-electron chi connectivity index (χ0n) is 17.2. The lowest BCUT2D eigenvalue weighted by atomic mass is 9.95. The molecule has 0 radical (unpaired) electrons. The maximum atomic E-state index is 12.2. The van der Waals surface area contributed by atoms with E-state index in [2.05, 4.69) is 25.3 Å². The van der Waals surface area contributed by atoms with Crippen molar-refractivity contribution in [3.05, 3.63) is 23.9 Å². The van der Waals surface area contributed by atoms with Crippen molar-refractivity contribution in [1.29, 1.82) is 0 Å². The molecule has 1 saturated carbocycles. The lowest BCUT2D eigenvalue weighted by molar-refractivity contribution is -0.154.